The quantitative estimate of drug-likeness (QED) is 0.900. The van der Waals surface area contributed by atoms with Crippen molar-refractivity contribution in [3.8, 4) is 0 Å². The molecule has 5 nitrogen and oxygen atoms in total. The Balaban J connectivity index is 1.72. The first-order chi connectivity index (χ1) is 9.74. The van der Waals surface area contributed by atoms with E-state index in [-0.39, 0.29) is 0 Å². The Hall–Kier alpha value is -2.30. The van der Waals surface area contributed by atoms with E-state index in [0.29, 0.717) is 11.7 Å². The van der Waals surface area contributed by atoms with Crippen molar-refractivity contribution in [3.05, 3.63) is 42.7 Å². The normalized spacial score (nSPS) is 19.1. The van der Waals surface area contributed by atoms with Gasteiger partial charge in [-0.2, -0.15) is 0 Å². The van der Waals surface area contributed by atoms with Crippen LogP contribution >= 0.6 is 0 Å². The number of nitrogens with zero attached hydrogens (tertiary/aromatic N) is 4. The van der Waals surface area contributed by atoms with E-state index in [1.807, 2.05) is 30.5 Å². The molecule has 5 heteroatoms. The molecule has 20 heavy (non-hydrogen) atoms. The van der Waals surface area contributed by atoms with Crippen LogP contribution in [0.5, 0.6) is 0 Å². The first-order valence-corrected chi connectivity index (χ1v) is 6.88. The van der Waals surface area contributed by atoms with E-state index < -0.39 is 0 Å². The SMILES string of the molecule is CC1CN(c2ccccn2)CCN1c1ccc(N)cn1. The zero-order valence-corrected chi connectivity index (χ0v) is 11.6. The van der Waals surface area contributed by atoms with Gasteiger partial charge in [0.2, 0.25) is 0 Å². The summed E-state index contributed by atoms with van der Waals surface area (Å²) in [5, 5.41) is 0. The number of rotatable bonds is 2. The summed E-state index contributed by atoms with van der Waals surface area (Å²) in [5.41, 5.74) is 6.39. The van der Waals surface area contributed by atoms with Crippen LogP contribution in [0.2, 0.25) is 0 Å². The molecule has 104 valence electrons. The van der Waals surface area contributed by atoms with Crippen molar-refractivity contribution in [2.24, 2.45) is 0 Å². The fourth-order valence-electron chi connectivity index (χ4n) is 2.61. The van der Waals surface area contributed by atoms with Crippen LogP contribution in [0.3, 0.4) is 0 Å². The van der Waals surface area contributed by atoms with Crippen LogP contribution in [0.1, 0.15) is 6.92 Å². The highest BCUT2D eigenvalue weighted by Gasteiger charge is 2.25. The molecule has 0 radical (unpaired) electrons. The first kappa shape index (κ1) is 12.7. The summed E-state index contributed by atoms with van der Waals surface area (Å²) >= 11 is 0. The average molecular weight is 269 g/mol. The van der Waals surface area contributed by atoms with E-state index in [4.69, 9.17) is 5.73 Å². The average Bonchev–Trinajstić information content (AvgIpc) is 2.49. The number of hydrogen-bond acceptors (Lipinski definition) is 5. The molecule has 1 atom stereocenters. The number of nitrogens with two attached hydrogens (primary N) is 1. The van der Waals surface area contributed by atoms with Crippen molar-refractivity contribution < 1.29 is 0 Å². The molecule has 0 spiro atoms. The summed E-state index contributed by atoms with van der Waals surface area (Å²) in [6.45, 7) is 5.05. The lowest BCUT2D eigenvalue weighted by atomic mass is 10.2. The zero-order valence-electron chi connectivity index (χ0n) is 11.6. The lowest BCUT2D eigenvalue weighted by molar-refractivity contribution is 0.543. The zero-order chi connectivity index (χ0) is 13.9. The van der Waals surface area contributed by atoms with Gasteiger partial charge in [-0.3, -0.25) is 0 Å². The first-order valence-electron chi connectivity index (χ1n) is 6.88. The van der Waals surface area contributed by atoms with Gasteiger partial charge in [-0.15, -0.1) is 0 Å². The molecular weight excluding hydrogens is 250 g/mol. The van der Waals surface area contributed by atoms with E-state index in [1.165, 1.54) is 0 Å². The maximum atomic E-state index is 5.69. The van der Waals surface area contributed by atoms with Gasteiger partial charge < -0.3 is 15.5 Å². The Morgan fingerprint density at radius 2 is 2.00 bits per heavy atom. The highest BCUT2D eigenvalue weighted by molar-refractivity contribution is 5.49. The third-order valence-corrected chi connectivity index (χ3v) is 3.67. The van der Waals surface area contributed by atoms with Gasteiger partial charge in [-0.1, -0.05) is 6.07 Å². The molecule has 0 saturated carbocycles. The Morgan fingerprint density at radius 1 is 1.10 bits per heavy atom. The second-order valence-electron chi connectivity index (χ2n) is 5.13. The summed E-state index contributed by atoms with van der Waals surface area (Å²) in [6.07, 6.45) is 3.56. The van der Waals surface area contributed by atoms with Crippen LogP contribution < -0.4 is 15.5 Å². The highest BCUT2D eigenvalue weighted by atomic mass is 15.3. The molecule has 0 bridgehead atoms. The minimum absolute atomic E-state index is 0.391. The maximum absolute atomic E-state index is 5.69. The molecule has 3 heterocycles. The summed E-state index contributed by atoms with van der Waals surface area (Å²) in [6, 6.07) is 10.3. The summed E-state index contributed by atoms with van der Waals surface area (Å²) in [4.78, 5) is 13.5. The Bertz CT molecular complexity index is 554. The molecule has 2 aromatic rings. The standard InChI is InChI=1S/C15H19N5/c1-12-11-19(14-4-2-3-7-17-14)8-9-20(12)15-6-5-13(16)10-18-15/h2-7,10,12H,8-9,11,16H2,1H3. The van der Waals surface area contributed by atoms with Gasteiger partial charge in [0.15, 0.2) is 0 Å². The van der Waals surface area contributed by atoms with Gasteiger partial charge >= 0.3 is 0 Å². The van der Waals surface area contributed by atoms with Crippen LogP contribution in [0.4, 0.5) is 17.3 Å². The van der Waals surface area contributed by atoms with E-state index >= 15 is 0 Å². The minimum atomic E-state index is 0.391. The summed E-state index contributed by atoms with van der Waals surface area (Å²) in [5.74, 6) is 2.04. The molecule has 1 unspecified atom stereocenters. The van der Waals surface area contributed by atoms with E-state index in [2.05, 4.69) is 32.8 Å². The van der Waals surface area contributed by atoms with Crippen LogP contribution in [-0.2, 0) is 0 Å². The number of pyridine rings is 2. The monoisotopic (exact) mass is 269 g/mol. The molecule has 2 N–H and O–H groups in total. The second kappa shape index (κ2) is 5.36. The molecule has 3 rings (SSSR count). The van der Waals surface area contributed by atoms with Crippen molar-refractivity contribution in [3.63, 3.8) is 0 Å². The van der Waals surface area contributed by atoms with Gasteiger partial charge in [-0.25, -0.2) is 9.97 Å². The van der Waals surface area contributed by atoms with E-state index in [9.17, 15) is 0 Å². The Morgan fingerprint density at radius 3 is 2.65 bits per heavy atom. The van der Waals surface area contributed by atoms with Gasteiger partial charge in [-0.05, 0) is 31.2 Å². The van der Waals surface area contributed by atoms with Crippen molar-refractivity contribution in [1.82, 2.24) is 9.97 Å². The topological polar surface area (TPSA) is 58.3 Å². The number of piperazine rings is 1. The molecule has 0 aromatic carbocycles. The largest absolute Gasteiger partial charge is 0.397 e. The Labute approximate surface area is 119 Å². The van der Waals surface area contributed by atoms with Crippen molar-refractivity contribution >= 4 is 17.3 Å². The predicted molar refractivity (Wildman–Crippen MR) is 81.9 cm³/mol. The van der Waals surface area contributed by atoms with Gasteiger partial charge in [0.25, 0.3) is 0 Å². The minimum Gasteiger partial charge on any atom is -0.397 e. The Kier molecular flexibility index (Phi) is 3.41. The maximum Gasteiger partial charge on any atom is 0.128 e. The van der Waals surface area contributed by atoms with Crippen molar-refractivity contribution in [2.75, 3.05) is 35.2 Å². The van der Waals surface area contributed by atoms with Gasteiger partial charge in [0.1, 0.15) is 11.6 Å². The van der Waals surface area contributed by atoms with Crippen LogP contribution in [0.25, 0.3) is 0 Å². The van der Waals surface area contributed by atoms with E-state index in [0.717, 1.165) is 31.3 Å². The second-order valence-corrected chi connectivity index (χ2v) is 5.13. The lowest BCUT2D eigenvalue weighted by Gasteiger charge is -2.41. The van der Waals surface area contributed by atoms with E-state index in [1.54, 1.807) is 6.20 Å². The molecule has 0 amide bonds. The molecule has 1 saturated heterocycles. The van der Waals surface area contributed by atoms with Crippen LogP contribution in [0.15, 0.2) is 42.7 Å². The fraction of sp³-hybridized carbons (Fsp3) is 0.333. The smallest absolute Gasteiger partial charge is 0.128 e. The number of nitrogen functional groups attached to an aromatic ring is 1. The molecule has 1 aliphatic rings. The fourth-order valence-corrected chi connectivity index (χ4v) is 2.61. The molecule has 1 aliphatic heterocycles. The summed E-state index contributed by atoms with van der Waals surface area (Å²) < 4.78 is 0. The number of anilines is 3. The van der Waals surface area contributed by atoms with Crippen LogP contribution in [-0.4, -0.2) is 35.6 Å². The molecule has 2 aromatic heterocycles. The molecular formula is C15H19N5. The summed E-state index contributed by atoms with van der Waals surface area (Å²) in [7, 11) is 0. The van der Waals surface area contributed by atoms with Gasteiger partial charge in [0.05, 0.1) is 11.9 Å². The lowest BCUT2D eigenvalue weighted by Crippen LogP contribution is -2.52. The number of hydrogen-bond donors (Lipinski definition) is 1. The van der Waals surface area contributed by atoms with Gasteiger partial charge in [0, 0.05) is 31.9 Å². The van der Waals surface area contributed by atoms with Crippen LogP contribution in [0, 0.1) is 0 Å². The third kappa shape index (κ3) is 2.52. The highest BCUT2D eigenvalue weighted by Crippen LogP contribution is 2.21. The molecule has 1 fully saturated rings. The predicted octanol–water partition coefficient (Wildman–Crippen LogP) is 1.77. The third-order valence-electron chi connectivity index (χ3n) is 3.67. The van der Waals surface area contributed by atoms with Crippen molar-refractivity contribution in [1.29, 1.82) is 0 Å². The molecule has 0 aliphatic carbocycles. The van der Waals surface area contributed by atoms with Crippen molar-refractivity contribution in [2.45, 2.75) is 13.0 Å². The number of aromatic nitrogens is 2.